The van der Waals surface area contributed by atoms with Crippen LogP contribution in [-0.4, -0.2) is 133 Å². The second kappa shape index (κ2) is 16.5. The van der Waals surface area contributed by atoms with Gasteiger partial charge in [0.25, 0.3) is 5.91 Å². The number of aromatic nitrogens is 2. The topological polar surface area (TPSA) is 171 Å². The molecule has 0 spiro atoms. The van der Waals surface area contributed by atoms with Crippen LogP contribution in [0.25, 0.3) is 0 Å². The summed E-state index contributed by atoms with van der Waals surface area (Å²) < 4.78 is 5.42. The SMILES string of the molecule is COc1cc(N2C[C@@H](C)N(C(=O)Nc3cnc(N4CCC(CN5CCN(c6ccc7c(c6)CN([C@H]6CCC(=O)NC6=O)C7=O)CC5)CC4)nc3)C[C@@H]2C)ccc1C#N. The number of ether oxygens (including phenoxy) is 1. The molecule has 0 bridgehead atoms. The van der Waals surface area contributed by atoms with Crippen molar-refractivity contribution in [3.63, 3.8) is 0 Å². The first-order valence-corrected chi connectivity index (χ1v) is 20.3. The second-order valence-electron chi connectivity index (χ2n) is 16.2. The zero-order valence-corrected chi connectivity index (χ0v) is 33.4. The fraction of sp³-hybridized carbons (Fsp3) is 0.500. The molecular formula is C42H51N11O5. The van der Waals surface area contributed by atoms with Crippen molar-refractivity contribution in [3.8, 4) is 11.8 Å². The minimum Gasteiger partial charge on any atom is -0.495 e. The molecule has 0 radical (unpaired) electrons. The van der Waals surface area contributed by atoms with Crippen LogP contribution in [0.1, 0.15) is 61.0 Å². The van der Waals surface area contributed by atoms with E-state index in [-0.39, 0.29) is 42.3 Å². The lowest BCUT2D eigenvalue weighted by Gasteiger charge is -2.45. The Kier molecular flexibility index (Phi) is 11.1. The molecule has 0 unspecified atom stereocenters. The number of imide groups is 1. The number of fused-ring (bicyclic) bond motifs is 1. The van der Waals surface area contributed by atoms with Gasteiger partial charge in [0.15, 0.2) is 0 Å². The molecule has 0 saturated carbocycles. The van der Waals surface area contributed by atoms with Crippen molar-refractivity contribution >= 4 is 46.8 Å². The van der Waals surface area contributed by atoms with Crippen LogP contribution in [0, 0.1) is 17.2 Å². The highest BCUT2D eigenvalue weighted by Gasteiger charge is 2.39. The maximum absolute atomic E-state index is 13.4. The lowest BCUT2D eigenvalue weighted by Crippen LogP contribution is -2.59. The number of nitrogens with zero attached hydrogens (tertiary/aromatic N) is 9. The minimum atomic E-state index is -0.606. The van der Waals surface area contributed by atoms with Gasteiger partial charge in [-0.15, -0.1) is 0 Å². The molecule has 5 aliphatic rings. The fourth-order valence-corrected chi connectivity index (χ4v) is 9.09. The van der Waals surface area contributed by atoms with E-state index in [1.165, 1.54) is 0 Å². The highest BCUT2D eigenvalue weighted by Crippen LogP contribution is 2.32. The van der Waals surface area contributed by atoms with E-state index in [1.807, 2.05) is 36.1 Å². The molecule has 3 atom stereocenters. The number of hydrogen-bond acceptors (Lipinski definition) is 12. The van der Waals surface area contributed by atoms with E-state index in [2.05, 4.69) is 59.3 Å². The molecule has 3 aromatic rings. The Bertz CT molecular complexity index is 2090. The van der Waals surface area contributed by atoms with Crippen molar-refractivity contribution in [1.29, 1.82) is 5.26 Å². The average Bonchev–Trinajstić information content (AvgIpc) is 3.56. The predicted molar refractivity (Wildman–Crippen MR) is 218 cm³/mol. The van der Waals surface area contributed by atoms with Crippen LogP contribution in [0.4, 0.5) is 27.8 Å². The fourth-order valence-electron chi connectivity index (χ4n) is 9.09. The number of piperazine rings is 2. The summed E-state index contributed by atoms with van der Waals surface area (Å²) in [6, 6.07) is 12.9. The third kappa shape index (κ3) is 7.95. The van der Waals surface area contributed by atoms with Crippen LogP contribution in [0.2, 0.25) is 0 Å². The van der Waals surface area contributed by atoms with Crippen LogP contribution >= 0.6 is 0 Å². The number of carbonyl (C=O) groups excluding carboxylic acids is 4. The molecule has 6 heterocycles. The number of urea groups is 1. The molecule has 4 fully saturated rings. The van der Waals surface area contributed by atoms with E-state index >= 15 is 0 Å². The zero-order valence-electron chi connectivity index (χ0n) is 33.4. The summed E-state index contributed by atoms with van der Waals surface area (Å²) in [5, 5.41) is 14.7. The van der Waals surface area contributed by atoms with Gasteiger partial charge in [-0.2, -0.15) is 5.26 Å². The Morgan fingerprint density at radius 2 is 1.64 bits per heavy atom. The lowest BCUT2D eigenvalue weighted by atomic mass is 9.96. The molecule has 58 heavy (non-hydrogen) atoms. The number of anilines is 4. The smallest absolute Gasteiger partial charge is 0.322 e. The highest BCUT2D eigenvalue weighted by molar-refractivity contribution is 6.05. The summed E-state index contributed by atoms with van der Waals surface area (Å²) >= 11 is 0. The van der Waals surface area contributed by atoms with Gasteiger partial charge in [-0.25, -0.2) is 14.8 Å². The molecule has 304 valence electrons. The third-order valence-electron chi connectivity index (χ3n) is 12.4. The Morgan fingerprint density at radius 1 is 0.897 bits per heavy atom. The van der Waals surface area contributed by atoms with Gasteiger partial charge in [0.1, 0.15) is 17.9 Å². The zero-order chi connectivity index (χ0) is 40.5. The van der Waals surface area contributed by atoms with Crippen LogP contribution in [0.3, 0.4) is 0 Å². The summed E-state index contributed by atoms with van der Waals surface area (Å²) in [4.78, 5) is 72.7. The van der Waals surface area contributed by atoms with E-state index in [4.69, 9.17) is 4.74 Å². The molecule has 16 nitrogen and oxygen atoms in total. The van der Waals surface area contributed by atoms with Crippen LogP contribution < -0.4 is 30.1 Å². The molecule has 5 aliphatic heterocycles. The molecule has 2 aromatic carbocycles. The van der Waals surface area contributed by atoms with Crippen molar-refractivity contribution < 1.29 is 23.9 Å². The van der Waals surface area contributed by atoms with Gasteiger partial charge in [-0.05, 0) is 74.9 Å². The first kappa shape index (κ1) is 38.9. The van der Waals surface area contributed by atoms with Crippen molar-refractivity contribution in [2.24, 2.45) is 5.92 Å². The molecule has 5 amide bonds. The summed E-state index contributed by atoms with van der Waals surface area (Å²) in [6.45, 7) is 12.2. The second-order valence-corrected chi connectivity index (χ2v) is 16.2. The molecular weight excluding hydrogens is 739 g/mol. The summed E-state index contributed by atoms with van der Waals surface area (Å²) in [5.41, 5.74) is 4.68. The van der Waals surface area contributed by atoms with Crippen LogP contribution in [0.15, 0.2) is 48.8 Å². The molecule has 4 saturated heterocycles. The van der Waals surface area contributed by atoms with Crippen molar-refractivity contribution in [1.82, 2.24) is 30.0 Å². The number of benzene rings is 2. The monoisotopic (exact) mass is 789 g/mol. The van der Waals surface area contributed by atoms with Crippen molar-refractivity contribution in [2.75, 3.05) is 86.0 Å². The maximum atomic E-state index is 13.4. The first-order chi connectivity index (χ1) is 28.1. The summed E-state index contributed by atoms with van der Waals surface area (Å²) in [6.07, 6.45) is 6.10. The van der Waals surface area contributed by atoms with E-state index < -0.39 is 6.04 Å². The number of nitriles is 1. The Hall–Kier alpha value is -5.95. The number of carbonyl (C=O) groups is 4. The minimum absolute atomic E-state index is 0.0531. The van der Waals surface area contributed by atoms with Gasteiger partial charge in [0.2, 0.25) is 17.8 Å². The van der Waals surface area contributed by atoms with E-state index in [9.17, 15) is 24.4 Å². The molecule has 16 heteroatoms. The average molecular weight is 790 g/mol. The highest BCUT2D eigenvalue weighted by atomic mass is 16.5. The van der Waals surface area contributed by atoms with Crippen molar-refractivity contribution in [3.05, 3.63) is 65.5 Å². The van der Waals surface area contributed by atoms with Crippen molar-refractivity contribution in [2.45, 2.75) is 64.2 Å². The number of piperidine rings is 2. The van der Waals surface area contributed by atoms with Gasteiger partial charge in [-0.1, -0.05) is 0 Å². The van der Waals surface area contributed by atoms with Crippen LogP contribution in [-0.2, 0) is 16.1 Å². The standard InChI is InChI=1S/C42H51N11O5/c1-27-24-52(28(2)23-51(27)34-5-4-30(20-43)37(19-34)58-3)42(57)46-32-21-44-41(45-22-32)50-12-10-29(11-13-50)25-48-14-16-49(17-15-48)33-6-7-35-31(18-33)26-53(40(35)56)36-8-9-38(54)47-39(36)55/h4-7,18-19,21-22,27-29,36H,8-17,23-26H2,1-3H3,(H,46,57)(H,47,54,55)/t27-,28+,36-/m0/s1. The maximum Gasteiger partial charge on any atom is 0.322 e. The van der Waals surface area contributed by atoms with Crippen LogP contribution in [0.5, 0.6) is 5.75 Å². The van der Waals surface area contributed by atoms with Gasteiger partial charge in [0.05, 0.1) is 30.8 Å². The lowest BCUT2D eigenvalue weighted by molar-refractivity contribution is -0.136. The Balaban J connectivity index is 0.769. The quantitative estimate of drug-likeness (QED) is 0.320. The van der Waals surface area contributed by atoms with Gasteiger partial charge >= 0.3 is 6.03 Å². The summed E-state index contributed by atoms with van der Waals surface area (Å²) in [7, 11) is 1.56. The van der Waals surface area contributed by atoms with Gasteiger partial charge in [0, 0.05) is 107 Å². The first-order valence-electron chi connectivity index (χ1n) is 20.3. The normalized spacial score (nSPS) is 23.1. The van der Waals surface area contributed by atoms with Gasteiger partial charge < -0.3 is 34.6 Å². The largest absolute Gasteiger partial charge is 0.495 e. The number of nitrogens with one attached hydrogen (secondary N) is 2. The molecule has 2 N–H and O–H groups in total. The Labute approximate surface area is 338 Å². The summed E-state index contributed by atoms with van der Waals surface area (Å²) in [5.74, 6) is 0.993. The number of rotatable bonds is 8. The number of hydrogen-bond donors (Lipinski definition) is 2. The number of methoxy groups -OCH3 is 1. The number of amides is 5. The molecule has 8 rings (SSSR count). The van der Waals surface area contributed by atoms with Gasteiger partial charge in [-0.3, -0.25) is 24.6 Å². The predicted octanol–water partition coefficient (Wildman–Crippen LogP) is 3.29. The Morgan fingerprint density at radius 3 is 2.34 bits per heavy atom. The van der Waals surface area contributed by atoms with E-state index in [0.717, 1.165) is 75.6 Å². The van der Waals surface area contributed by atoms with E-state index in [0.29, 0.717) is 60.5 Å². The van der Waals surface area contributed by atoms with E-state index in [1.54, 1.807) is 30.5 Å². The molecule has 1 aromatic heterocycles. The third-order valence-corrected chi connectivity index (χ3v) is 12.4. The molecule has 0 aliphatic carbocycles.